The first kappa shape index (κ1) is 34.7. The lowest BCUT2D eigenvalue weighted by atomic mass is 9.52. The van der Waals surface area contributed by atoms with Crippen molar-refractivity contribution in [1.82, 2.24) is 20.9 Å². The van der Waals surface area contributed by atoms with Crippen LogP contribution in [-0.4, -0.2) is 18.5 Å². The summed E-state index contributed by atoms with van der Waals surface area (Å²) in [7, 11) is 2.07. The third-order valence-electron chi connectivity index (χ3n) is 10.7. The summed E-state index contributed by atoms with van der Waals surface area (Å²) in [5.74, 6) is -0.282. The normalized spacial score (nSPS) is 22.7. The van der Waals surface area contributed by atoms with Crippen molar-refractivity contribution in [2.45, 2.75) is 78.8 Å². The van der Waals surface area contributed by atoms with Crippen LogP contribution in [0.2, 0.25) is 0 Å². The fourth-order valence-corrected chi connectivity index (χ4v) is 6.96. The topological polar surface area (TPSA) is 65.3 Å². The molecule has 6 heteroatoms. The van der Waals surface area contributed by atoms with E-state index in [2.05, 4.69) is 94.2 Å². The van der Waals surface area contributed by atoms with Crippen molar-refractivity contribution in [1.29, 1.82) is 0 Å². The molecule has 4 aliphatic carbocycles. The number of nitrogens with zero attached hydrogens (tertiary/aromatic N) is 1. The van der Waals surface area contributed by atoms with Gasteiger partial charge in [-0.05, 0) is 99.0 Å². The zero-order chi connectivity index (χ0) is 33.8. The Morgan fingerprint density at radius 3 is 2.20 bits per heavy atom. The van der Waals surface area contributed by atoms with Crippen LogP contribution in [-0.2, 0) is 13.1 Å². The molecule has 1 aromatic carbocycles. The molecule has 5 rings (SSSR count). The molecule has 0 spiro atoms. The van der Waals surface area contributed by atoms with Gasteiger partial charge in [0.2, 0.25) is 0 Å². The molecule has 5 N–H and O–H groups in total. The number of rotatable bonds is 16. The van der Waals surface area contributed by atoms with E-state index in [1.54, 1.807) is 6.07 Å². The van der Waals surface area contributed by atoms with Gasteiger partial charge in [0.25, 0.3) is 0 Å². The van der Waals surface area contributed by atoms with Crippen LogP contribution in [0, 0.1) is 16.6 Å². The third kappa shape index (κ3) is 7.27. The molecule has 0 aliphatic heterocycles. The highest BCUT2D eigenvalue weighted by atomic mass is 19.1. The number of hydrogen-bond acceptors (Lipinski definition) is 5. The number of benzene rings is 1. The lowest BCUT2D eigenvalue weighted by Crippen LogP contribution is -2.47. The second-order valence-corrected chi connectivity index (χ2v) is 13.6. The molecular formula is C40H54FN5. The van der Waals surface area contributed by atoms with E-state index in [0.29, 0.717) is 40.9 Å². The molecule has 5 nitrogen and oxygen atoms in total. The van der Waals surface area contributed by atoms with Gasteiger partial charge in [-0.15, -0.1) is 0 Å². The smallest absolute Gasteiger partial charge is 0.128 e. The van der Waals surface area contributed by atoms with Gasteiger partial charge in [0, 0.05) is 54.8 Å². The summed E-state index contributed by atoms with van der Waals surface area (Å²) >= 11 is 0. The fraction of sp³-hybridized carbons (Fsp3) is 0.400. The van der Waals surface area contributed by atoms with Crippen LogP contribution < -0.4 is 21.7 Å². The number of fused-ring (bicyclic) bond motifs is 3. The molecule has 2 bridgehead atoms. The molecule has 3 saturated carbocycles. The number of allylic oxidation sites excluding steroid dienone is 6. The third-order valence-corrected chi connectivity index (χ3v) is 10.7. The molecule has 0 aromatic heterocycles. The minimum Gasteiger partial charge on any atom is -0.397 e. The molecule has 4 aliphatic rings. The summed E-state index contributed by atoms with van der Waals surface area (Å²) < 4.78 is 14.6. The van der Waals surface area contributed by atoms with Gasteiger partial charge in [-0.2, -0.15) is 0 Å². The Bertz CT molecular complexity index is 1530. The van der Waals surface area contributed by atoms with Crippen molar-refractivity contribution in [3.05, 3.63) is 143 Å². The van der Waals surface area contributed by atoms with E-state index in [1.807, 2.05) is 12.1 Å². The first-order valence-corrected chi connectivity index (χ1v) is 16.5. The predicted molar refractivity (Wildman–Crippen MR) is 192 cm³/mol. The summed E-state index contributed by atoms with van der Waals surface area (Å²) in [6.45, 7) is 33.4. The molecule has 0 radical (unpaired) electrons. The maximum Gasteiger partial charge on any atom is 0.128 e. The number of halogens is 1. The highest BCUT2D eigenvalue weighted by Gasteiger charge is 2.48. The molecule has 0 amide bonds. The first-order valence-electron chi connectivity index (χ1n) is 16.5. The van der Waals surface area contributed by atoms with Crippen molar-refractivity contribution in [3.63, 3.8) is 0 Å². The fourth-order valence-electron chi connectivity index (χ4n) is 6.96. The Morgan fingerprint density at radius 1 is 0.957 bits per heavy atom. The average molecular weight is 624 g/mol. The monoisotopic (exact) mass is 623 g/mol. The van der Waals surface area contributed by atoms with E-state index in [4.69, 9.17) is 5.73 Å². The quantitative estimate of drug-likeness (QED) is 0.110. The van der Waals surface area contributed by atoms with E-state index < -0.39 is 0 Å². The predicted octanol–water partition coefficient (Wildman–Crippen LogP) is 8.52. The van der Waals surface area contributed by atoms with Gasteiger partial charge in [-0.1, -0.05) is 64.1 Å². The average Bonchev–Trinajstić information content (AvgIpc) is 3.06. The Hall–Kier alpha value is -4.19. The maximum absolute atomic E-state index is 14.6. The van der Waals surface area contributed by atoms with Crippen LogP contribution in [0.25, 0.3) is 0 Å². The van der Waals surface area contributed by atoms with Crippen LogP contribution in [0.1, 0.15) is 76.8 Å². The Labute approximate surface area is 277 Å². The Morgan fingerprint density at radius 2 is 1.61 bits per heavy atom. The van der Waals surface area contributed by atoms with Crippen molar-refractivity contribution < 1.29 is 4.39 Å². The van der Waals surface area contributed by atoms with Gasteiger partial charge >= 0.3 is 0 Å². The summed E-state index contributed by atoms with van der Waals surface area (Å²) in [4.78, 5) is 2.16. The van der Waals surface area contributed by atoms with Crippen LogP contribution in [0.5, 0.6) is 0 Å². The van der Waals surface area contributed by atoms with E-state index in [9.17, 15) is 4.39 Å². The van der Waals surface area contributed by atoms with Crippen molar-refractivity contribution in [2.75, 3.05) is 13.6 Å². The van der Waals surface area contributed by atoms with E-state index in [1.165, 1.54) is 50.2 Å². The number of nitrogens with two attached hydrogens (primary N) is 1. The maximum atomic E-state index is 14.6. The van der Waals surface area contributed by atoms with Crippen LogP contribution in [0.4, 0.5) is 4.39 Å². The lowest BCUT2D eigenvalue weighted by molar-refractivity contribution is 0.0169. The molecule has 0 atom stereocenters. The molecule has 246 valence electrons. The van der Waals surface area contributed by atoms with Crippen molar-refractivity contribution in [2.24, 2.45) is 16.6 Å². The molecule has 0 heterocycles. The van der Waals surface area contributed by atoms with Gasteiger partial charge in [0.15, 0.2) is 0 Å². The number of nitrogens with one attached hydrogen (secondary N) is 3. The summed E-state index contributed by atoms with van der Waals surface area (Å²) in [5.41, 5.74) is 16.7. The summed E-state index contributed by atoms with van der Waals surface area (Å²) in [6.07, 6.45) is 12.6. The van der Waals surface area contributed by atoms with E-state index in [0.717, 1.165) is 58.0 Å². The first-order chi connectivity index (χ1) is 21.7. The Kier molecular flexibility index (Phi) is 10.6. The van der Waals surface area contributed by atoms with Gasteiger partial charge in [-0.3, -0.25) is 0 Å². The van der Waals surface area contributed by atoms with Gasteiger partial charge < -0.3 is 26.6 Å². The van der Waals surface area contributed by atoms with Crippen molar-refractivity contribution >= 4 is 0 Å². The van der Waals surface area contributed by atoms with Gasteiger partial charge in [0.05, 0.1) is 22.8 Å². The number of likely N-dealkylation sites (N-methyl/N-ethyl adjacent to an activating group) is 1. The molecule has 0 unspecified atom stereocenters. The molecular weight excluding hydrogens is 569 g/mol. The van der Waals surface area contributed by atoms with Gasteiger partial charge in [0.1, 0.15) is 5.82 Å². The zero-order valence-electron chi connectivity index (χ0n) is 28.6. The van der Waals surface area contributed by atoms with E-state index >= 15 is 0 Å². The summed E-state index contributed by atoms with van der Waals surface area (Å²) in [6, 6.07) is 5.10. The number of hydrogen-bond donors (Lipinski definition) is 4. The van der Waals surface area contributed by atoms with Crippen LogP contribution in [0.3, 0.4) is 0 Å². The molecule has 46 heavy (non-hydrogen) atoms. The second-order valence-electron chi connectivity index (χ2n) is 13.6. The van der Waals surface area contributed by atoms with Crippen molar-refractivity contribution in [3.8, 4) is 0 Å². The largest absolute Gasteiger partial charge is 0.397 e. The molecule has 0 saturated heterocycles. The molecule has 3 fully saturated rings. The van der Waals surface area contributed by atoms with Crippen LogP contribution >= 0.6 is 0 Å². The minimum absolute atomic E-state index is 0.282. The van der Waals surface area contributed by atoms with Crippen LogP contribution in [0.15, 0.2) is 126 Å². The molecule has 1 aromatic rings. The second kappa shape index (κ2) is 14.1. The Balaban J connectivity index is 1.41. The van der Waals surface area contributed by atoms with Gasteiger partial charge in [-0.25, -0.2) is 4.39 Å². The summed E-state index contributed by atoms with van der Waals surface area (Å²) in [5, 5.41) is 10.3. The highest BCUT2D eigenvalue weighted by Crippen LogP contribution is 2.59. The lowest BCUT2D eigenvalue weighted by Gasteiger charge is -2.54. The standard InChI is InChI=1S/C40H54FN5/c1-11-12-28(5)46(10)36(32(9)45-25-39-15-18-40(19-16-39,20-17-39)26(2)3)21-27(4)31(8)43-23-33-13-14-35(41)34(22-33)24-44-38-30(7)29(6)37(38)42/h12-14,21-22,43-45H,2,4,6-9,11,15-20,23-25,42H2,1,3,5,10H3/b28-12-,36-21-. The SMILES string of the molecule is C=C(/C=C(/C(=C)NCC12CCC(C(=C)C)(CC1)CC2)N(C)/C(C)=C\CC)C(=C)NCc1ccc(F)c(CNC2=C(N)C(=C)C2=C)c1. The van der Waals surface area contributed by atoms with E-state index in [-0.39, 0.29) is 5.82 Å². The minimum atomic E-state index is -0.282. The zero-order valence-corrected chi connectivity index (χ0v) is 28.6. The highest BCUT2D eigenvalue weighted by molar-refractivity contribution is 5.65.